The second-order valence-corrected chi connectivity index (χ2v) is 13.8. The fraction of sp³-hybridized carbons (Fsp3) is 0.829. The lowest BCUT2D eigenvalue weighted by Gasteiger charge is -2.36. The van der Waals surface area contributed by atoms with Crippen molar-refractivity contribution in [3.05, 3.63) is 0 Å². The van der Waals surface area contributed by atoms with Crippen molar-refractivity contribution in [2.45, 2.75) is 71.4 Å². The molecule has 0 unspecified atom stereocenters. The third kappa shape index (κ3) is 11.5. The number of rotatable bonds is 9. The van der Waals surface area contributed by atoms with Crippen LogP contribution in [0.15, 0.2) is 0 Å². The van der Waals surface area contributed by atoms with Gasteiger partial charge >= 0.3 is 24.2 Å². The van der Waals surface area contributed by atoms with Crippen molar-refractivity contribution < 1.29 is 67.0 Å². The zero-order valence-corrected chi connectivity index (χ0v) is 31.6. The molecule has 0 aliphatic carbocycles. The van der Waals surface area contributed by atoms with Crippen LogP contribution in [-0.2, 0) is 52.3 Å². The molecular weight excluding hydrogens is 736 g/mol. The summed E-state index contributed by atoms with van der Waals surface area (Å²) in [5.41, 5.74) is 0. The van der Waals surface area contributed by atoms with Crippen LogP contribution in [0.3, 0.4) is 0 Å². The van der Waals surface area contributed by atoms with Crippen molar-refractivity contribution in [1.82, 2.24) is 19.6 Å². The van der Waals surface area contributed by atoms with Gasteiger partial charge in [0.2, 0.25) is 18.6 Å². The number of carboxylic acids is 1. The fourth-order valence-electron chi connectivity index (χ4n) is 7.67. The van der Waals surface area contributed by atoms with Crippen LogP contribution in [0, 0.1) is 23.7 Å². The number of likely N-dealkylation sites (N-methyl/N-ethyl adjacent to an activating group) is 2. The molecule has 54 heavy (non-hydrogen) atoms. The molecular formula is C35H57ClN4O14. The highest BCUT2D eigenvalue weighted by molar-refractivity contribution is 6.17. The Balaban J connectivity index is 0.000000245. The van der Waals surface area contributed by atoms with Gasteiger partial charge in [0.15, 0.2) is 6.07 Å². The molecule has 6 aliphatic heterocycles. The molecule has 6 fully saturated rings. The number of hydrogen-bond acceptors (Lipinski definition) is 15. The Hall–Kier alpha value is -3.45. The molecule has 0 aromatic heterocycles. The zero-order valence-electron chi connectivity index (χ0n) is 30.9. The normalized spacial score (nSPS) is 29.7. The van der Waals surface area contributed by atoms with Gasteiger partial charge in [0.1, 0.15) is 0 Å². The summed E-state index contributed by atoms with van der Waals surface area (Å²) in [7, 11) is 4.05. The molecule has 4 bridgehead atoms. The lowest BCUT2D eigenvalue weighted by atomic mass is 9.78. The number of halogens is 1. The number of carbonyl (C=O) groups is 6. The number of fused-ring (bicyclic) bond motifs is 4. The number of aliphatic carboxylic acids is 1. The third-order valence-electron chi connectivity index (χ3n) is 10.4. The molecule has 18 nitrogen and oxygen atoms in total. The van der Waals surface area contributed by atoms with E-state index in [1.807, 2.05) is 23.9 Å². The average Bonchev–Trinajstić information content (AvgIpc) is 3.95. The van der Waals surface area contributed by atoms with Crippen LogP contribution in [0.2, 0.25) is 0 Å². The number of esters is 1. The summed E-state index contributed by atoms with van der Waals surface area (Å²) in [5, 5.41) is 9.34. The van der Waals surface area contributed by atoms with E-state index in [1.165, 1.54) is 0 Å². The quantitative estimate of drug-likeness (QED) is 0.153. The maximum atomic E-state index is 13.0. The first-order chi connectivity index (χ1) is 25.4. The van der Waals surface area contributed by atoms with E-state index in [4.69, 9.17) is 25.8 Å². The van der Waals surface area contributed by atoms with Crippen LogP contribution in [0.25, 0.3) is 0 Å². The van der Waals surface area contributed by atoms with Gasteiger partial charge in [0.05, 0.1) is 61.3 Å². The molecule has 8 atom stereocenters. The van der Waals surface area contributed by atoms with Crippen molar-refractivity contribution in [3.8, 4) is 0 Å². The lowest BCUT2D eigenvalue weighted by Crippen LogP contribution is -2.52. The van der Waals surface area contributed by atoms with E-state index in [9.17, 15) is 33.9 Å². The van der Waals surface area contributed by atoms with E-state index in [1.54, 1.807) is 13.8 Å². The monoisotopic (exact) mass is 792 g/mol. The summed E-state index contributed by atoms with van der Waals surface area (Å²) in [4.78, 5) is 78.7. The molecule has 6 saturated heterocycles. The van der Waals surface area contributed by atoms with Crippen molar-refractivity contribution >= 4 is 47.7 Å². The molecule has 0 radical (unpaired) electrons. The molecule has 6 rings (SSSR count). The van der Waals surface area contributed by atoms with Crippen molar-refractivity contribution in [3.63, 3.8) is 0 Å². The van der Waals surface area contributed by atoms with E-state index >= 15 is 0 Å². The largest absolute Gasteiger partial charge is 0.511 e. The van der Waals surface area contributed by atoms with Gasteiger partial charge in [-0.2, -0.15) is 0 Å². The number of amides is 2. The summed E-state index contributed by atoms with van der Waals surface area (Å²) in [6.07, 6.45) is 0.492. The highest BCUT2D eigenvalue weighted by Crippen LogP contribution is 2.46. The second kappa shape index (κ2) is 21.6. The number of hydrogen-bond donors (Lipinski definition) is 1. The molecule has 6 heterocycles. The van der Waals surface area contributed by atoms with Crippen molar-refractivity contribution in [2.24, 2.45) is 23.7 Å². The van der Waals surface area contributed by atoms with Crippen LogP contribution in [0.4, 0.5) is 9.59 Å². The Bertz CT molecular complexity index is 1270. The van der Waals surface area contributed by atoms with E-state index in [-0.39, 0.29) is 56.3 Å². The summed E-state index contributed by atoms with van der Waals surface area (Å²) in [6.45, 7) is 9.32. The molecule has 0 saturated carbocycles. The highest BCUT2D eigenvalue weighted by Gasteiger charge is 2.58. The van der Waals surface area contributed by atoms with Gasteiger partial charge in [-0.15, -0.1) is 0 Å². The Morgan fingerprint density at radius 3 is 1.39 bits per heavy atom. The van der Waals surface area contributed by atoms with Gasteiger partial charge in [-0.05, 0) is 53.6 Å². The first kappa shape index (κ1) is 44.9. The van der Waals surface area contributed by atoms with E-state index < -0.39 is 54.7 Å². The van der Waals surface area contributed by atoms with Gasteiger partial charge < -0.3 is 57.9 Å². The minimum absolute atomic E-state index is 0. The number of carbonyl (C=O) groups excluding carboxylic acids is 5. The Morgan fingerprint density at radius 2 is 0.981 bits per heavy atom. The van der Waals surface area contributed by atoms with Crippen LogP contribution >= 0.6 is 11.6 Å². The van der Waals surface area contributed by atoms with Gasteiger partial charge in [0.25, 0.3) is 0 Å². The predicted octanol–water partition coefficient (Wildman–Crippen LogP) is 1.86. The first-order valence-electron chi connectivity index (χ1n) is 18.2. The number of carboxylic acid groups (broad SMARTS) is 1. The van der Waals surface area contributed by atoms with E-state index in [0.717, 1.165) is 51.9 Å². The standard InChI is InChI=1S/C17H26N2O7.C13H20N2O4.C4H7ClO3.CH4/c1-3-23-17(22)25-10-24-16(21)14-12-5-4-11(26-12)13(14)15(20)19-8-6-18(2)7-9-19;1-14-4-6-15(7-5-14)12(16)10-8-2-3-9(19-8)11(10)13(17)18;1-2-7-4(6)8-3-5;/h11-14H,3-10H2,1-2H3;8-11H,2-7H2,1H3,(H,17,18);2-3H2,1H3;1H4/t11-,12+,13-,14+;8-,9+,10-,11+;;/m00../s1. The third-order valence-corrected chi connectivity index (χ3v) is 10.5. The van der Waals surface area contributed by atoms with Gasteiger partial charge in [-0.25, -0.2) is 9.59 Å². The summed E-state index contributed by atoms with van der Waals surface area (Å²) in [5.74, 6) is -3.80. The number of ether oxygens (including phenoxy) is 7. The minimum Gasteiger partial charge on any atom is -0.481 e. The van der Waals surface area contributed by atoms with Crippen LogP contribution < -0.4 is 0 Å². The molecule has 6 aliphatic rings. The van der Waals surface area contributed by atoms with Gasteiger partial charge in [-0.1, -0.05) is 19.0 Å². The molecule has 0 aromatic carbocycles. The van der Waals surface area contributed by atoms with Crippen molar-refractivity contribution in [2.75, 3.05) is 92.5 Å². The molecule has 19 heteroatoms. The maximum absolute atomic E-state index is 13.0. The molecule has 1 N–H and O–H groups in total. The average molecular weight is 793 g/mol. The predicted molar refractivity (Wildman–Crippen MR) is 190 cm³/mol. The smallest absolute Gasteiger partial charge is 0.481 e. The van der Waals surface area contributed by atoms with E-state index in [0.29, 0.717) is 32.8 Å². The minimum atomic E-state index is -0.894. The number of alkyl halides is 1. The molecule has 0 aromatic rings. The maximum Gasteiger partial charge on any atom is 0.511 e. The Morgan fingerprint density at radius 1 is 0.593 bits per heavy atom. The second-order valence-electron chi connectivity index (χ2n) is 13.6. The first-order valence-corrected chi connectivity index (χ1v) is 18.7. The SMILES string of the molecule is C.CCOC(=O)OCCl.CCOC(=O)OCOC(=O)[C@H]1[C@@H](C(=O)N2CCN(C)CC2)[C@@H]2CC[C@H]1O2.CN1CCN(C(=O)[C@@H]2[C@H](C(=O)O)[C@H]3CC[C@@H]2O3)CC1. The van der Waals surface area contributed by atoms with Gasteiger partial charge in [0, 0.05) is 52.4 Å². The topological polar surface area (TPSA) is 200 Å². The van der Waals surface area contributed by atoms with E-state index in [2.05, 4.69) is 28.7 Å². The zero-order chi connectivity index (χ0) is 38.7. The fourth-order valence-corrected chi connectivity index (χ4v) is 7.76. The number of piperazine rings is 2. The summed E-state index contributed by atoms with van der Waals surface area (Å²) in [6, 6.07) is -0.154. The Labute approximate surface area is 321 Å². The molecule has 308 valence electrons. The van der Waals surface area contributed by atoms with Crippen LogP contribution in [-0.4, -0.2) is 178 Å². The molecule has 0 spiro atoms. The summed E-state index contributed by atoms with van der Waals surface area (Å²) >= 11 is 5.01. The Kier molecular flexibility index (Phi) is 18.0. The highest BCUT2D eigenvalue weighted by atomic mass is 35.5. The number of nitrogens with zero attached hydrogens (tertiary/aromatic N) is 4. The summed E-state index contributed by atoms with van der Waals surface area (Å²) < 4.78 is 34.3. The van der Waals surface area contributed by atoms with Gasteiger partial charge in [-0.3, -0.25) is 19.2 Å². The van der Waals surface area contributed by atoms with Crippen molar-refractivity contribution in [1.29, 1.82) is 0 Å². The lowest BCUT2D eigenvalue weighted by molar-refractivity contribution is -0.164. The van der Waals surface area contributed by atoms with Crippen LogP contribution in [0.5, 0.6) is 0 Å². The van der Waals surface area contributed by atoms with Crippen LogP contribution in [0.1, 0.15) is 47.0 Å². The molecule has 2 amide bonds.